The molecule has 0 N–H and O–H groups in total. The molecule has 0 aromatic heterocycles. The Morgan fingerprint density at radius 3 is 1.25 bits per heavy atom. The molecule has 0 amide bonds. The highest BCUT2D eigenvalue weighted by atomic mass is 16.6. The number of rotatable bonds is 5. The van der Waals surface area contributed by atoms with E-state index in [2.05, 4.69) is 69.2 Å². The zero-order valence-corrected chi connectivity index (χ0v) is 15.4. The summed E-state index contributed by atoms with van der Waals surface area (Å²) in [5.74, 6) is -0.0527. The Bertz CT molecular complexity index is 302. The smallest absolute Gasteiger partial charge is 0.313 e. The maximum absolute atomic E-state index is 13.0. The highest BCUT2D eigenvalue weighted by Crippen LogP contribution is 2.52. The molecule has 2 nitrogen and oxygen atoms in total. The minimum Gasteiger partial charge on any atom is -0.459 e. The van der Waals surface area contributed by atoms with Gasteiger partial charge in [-0.2, -0.15) is 0 Å². The van der Waals surface area contributed by atoms with Crippen LogP contribution < -0.4 is 0 Å². The Balaban J connectivity index is 5.62. The van der Waals surface area contributed by atoms with Crippen molar-refractivity contribution in [3.63, 3.8) is 0 Å². The van der Waals surface area contributed by atoms with Gasteiger partial charge < -0.3 is 4.74 Å². The zero-order chi connectivity index (χ0) is 16.4. The van der Waals surface area contributed by atoms with Gasteiger partial charge in [-0.1, -0.05) is 62.3 Å². The summed E-state index contributed by atoms with van der Waals surface area (Å²) in [6.45, 7) is 21.1. The van der Waals surface area contributed by atoms with Gasteiger partial charge in [0.25, 0.3) is 0 Å². The number of carbonyl (C=O) groups excluding carboxylic acids is 1. The second kappa shape index (κ2) is 6.07. The third-order valence-corrected chi connectivity index (χ3v) is 5.65. The summed E-state index contributed by atoms with van der Waals surface area (Å²) < 4.78 is 6.06. The molecule has 0 atom stereocenters. The van der Waals surface area contributed by atoms with Crippen molar-refractivity contribution in [1.82, 2.24) is 0 Å². The van der Waals surface area contributed by atoms with E-state index < -0.39 is 5.41 Å². The first kappa shape index (κ1) is 19.5. The lowest BCUT2D eigenvalue weighted by Crippen LogP contribution is -2.53. The van der Waals surface area contributed by atoms with E-state index in [9.17, 15) is 4.79 Å². The van der Waals surface area contributed by atoms with Gasteiger partial charge in [-0.3, -0.25) is 4.79 Å². The highest BCUT2D eigenvalue weighted by molar-refractivity contribution is 5.78. The Labute approximate surface area is 126 Å². The molecule has 0 spiro atoms. The topological polar surface area (TPSA) is 26.3 Å². The Morgan fingerprint density at radius 1 is 0.750 bits per heavy atom. The van der Waals surface area contributed by atoms with Crippen molar-refractivity contribution in [3.05, 3.63) is 0 Å². The summed E-state index contributed by atoms with van der Waals surface area (Å²) in [6.07, 6.45) is 2.61. The van der Waals surface area contributed by atoms with E-state index in [0.29, 0.717) is 0 Å². The largest absolute Gasteiger partial charge is 0.459 e. The van der Waals surface area contributed by atoms with Crippen LogP contribution in [0.15, 0.2) is 0 Å². The number of hydrogen-bond acceptors (Lipinski definition) is 2. The van der Waals surface area contributed by atoms with Crippen LogP contribution in [0.3, 0.4) is 0 Å². The van der Waals surface area contributed by atoms with Gasteiger partial charge >= 0.3 is 5.97 Å². The molecule has 0 saturated carbocycles. The molecular formula is C18H36O2. The Hall–Kier alpha value is -0.530. The molecule has 0 bridgehead atoms. The predicted octanol–water partition coefficient (Wildman–Crippen LogP) is 5.60. The molecule has 0 radical (unpaired) electrons. The van der Waals surface area contributed by atoms with E-state index >= 15 is 0 Å². The van der Waals surface area contributed by atoms with Crippen LogP contribution >= 0.6 is 0 Å². The van der Waals surface area contributed by atoms with Gasteiger partial charge in [0.15, 0.2) is 0 Å². The predicted molar refractivity (Wildman–Crippen MR) is 86.7 cm³/mol. The van der Waals surface area contributed by atoms with Gasteiger partial charge in [-0.15, -0.1) is 0 Å². The van der Waals surface area contributed by atoms with Crippen molar-refractivity contribution in [3.8, 4) is 0 Å². The second-order valence-corrected chi connectivity index (χ2v) is 8.26. The fourth-order valence-electron chi connectivity index (χ4n) is 3.00. The first-order valence-corrected chi connectivity index (χ1v) is 8.04. The normalized spacial score (nSPS) is 14.3. The fourth-order valence-corrected chi connectivity index (χ4v) is 3.00. The van der Waals surface area contributed by atoms with Gasteiger partial charge in [0.2, 0.25) is 0 Å². The minimum absolute atomic E-state index is 0.0527. The highest BCUT2D eigenvalue weighted by Gasteiger charge is 2.54. The number of hydrogen-bond donors (Lipinski definition) is 0. The molecule has 0 aromatic carbocycles. The molecule has 0 saturated heterocycles. The van der Waals surface area contributed by atoms with Crippen LogP contribution in [-0.2, 0) is 9.53 Å². The van der Waals surface area contributed by atoms with Crippen LogP contribution in [0.4, 0.5) is 0 Å². The lowest BCUT2D eigenvalue weighted by Gasteiger charge is -2.50. The molecule has 2 heteroatoms. The third kappa shape index (κ3) is 3.38. The Morgan fingerprint density at radius 2 is 1.05 bits per heavy atom. The molecule has 20 heavy (non-hydrogen) atoms. The number of carbonyl (C=O) groups is 1. The zero-order valence-electron chi connectivity index (χ0n) is 15.4. The molecule has 0 fully saturated rings. The van der Waals surface area contributed by atoms with Gasteiger partial charge in [0.05, 0.1) is 5.41 Å². The van der Waals surface area contributed by atoms with E-state index in [1.165, 1.54) is 0 Å². The molecule has 0 heterocycles. The van der Waals surface area contributed by atoms with E-state index in [4.69, 9.17) is 4.74 Å². The maximum atomic E-state index is 13.0. The average Bonchev–Trinajstić information content (AvgIpc) is 2.32. The summed E-state index contributed by atoms with van der Waals surface area (Å²) in [4.78, 5) is 13.0. The van der Waals surface area contributed by atoms with Crippen molar-refractivity contribution in [1.29, 1.82) is 0 Å². The Kier molecular flexibility index (Phi) is 5.91. The molecule has 0 aliphatic rings. The van der Waals surface area contributed by atoms with E-state index in [1.807, 2.05) is 0 Å². The number of esters is 1. The van der Waals surface area contributed by atoms with Crippen molar-refractivity contribution < 1.29 is 9.53 Å². The van der Waals surface area contributed by atoms with Gasteiger partial charge in [-0.05, 0) is 37.0 Å². The standard InChI is InChI=1S/C18H36O2/c1-11-18(12-2,13-3)20-14(19)17(10,15(4,5)6)16(7,8)9/h11-13H2,1-10H3. The summed E-state index contributed by atoms with van der Waals surface area (Å²) in [5.41, 5.74) is -1.13. The first-order valence-electron chi connectivity index (χ1n) is 8.04. The van der Waals surface area contributed by atoms with E-state index in [-0.39, 0.29) is 22.4 Å². The summed E-state index contributed by atoms with van der Waals surface area (Å²) in [5, 5.41) is 0. The average molecular weight is 284 g/mol. The lowest BCUT2D eigenvalue weighted by molar-refractivity contribution is -0.190. The van der Waals surface area contributed by atoms with E-state index in [1.54, 1.807) is 0 Å². The molecule has 0 aliphatic heterocycles. The summed E-state index contributed by atoms with van der Waals surface area (Å²) in [6, 6.07) is 0. The van der Waals surface area contributed by atoms with Crippen LogP contribution in [0.1, 0.15) is 88.5 Å². The van der Waals surface area contributed by atoms with Crippen molar-refractivity contribution in [2.45, 2.75) is 94.1 Å². The third-order valence-electron chi connectivity index (χ3n) is 5.65. The van der Waals surface area contributed by atoms with Crippen LogP contribution in [0.25, 0.3) is 0 Å². The molecule has 0 rings (SSSR count). The second-order valence-electron chi connectivity index (χ2n) is 8.26. The lowest BCUT2D eigenvalue weighted by atomic mass is 9.55. The molecule has 0 aromatic rings. The monoisotopic (exact) mass is 284 g/mol. The molecule has 0 unspecified atom stereocenters. The molecule has 120 valence electrons. The number of ether oxygens (including phenoxy) is 1. The van der Waals surface area contributed by atoms with Crippen LogP contribution in [0.5, 0.6) is 0 Å². The molecule has 0 aliphatic carbocycles. The SMILES string of the molecule is CCC(CC)(CC)OC(=O)C(C)(C(C)(C)C)C(C)(C)C. The summed E-state index contributed by atoms with van der Waals surface area (Å²) in [7, 11) is 0. The van der Waals surface area contributed by atoms with Crippen molar-refractivity contribution in [2.75, 3.05) is 0 Å². The van der Waals surface area contributed by atoms with Crippen molar-refractivity contribution >= 4 is 5.97 Å². The van der Waals surface area contributed by atoms with Crippen LogP contribution in [0.2, 0.25) is 0 Å². The quantitative estimate of drug-likeness (QED) is 0.614. The van der Waals surface area contributed by atoms with Crippen molar-refractivity contribution in [2.24, 2.45) is 16.2 Å². The van der Waals surface area contributed by atoms with Gasteiger partial charge in [0, 0.05) is 0 Å². The first-order chi connectivity index (χ1) is 8.81. The minimum atomic E-state index is -0.523. The summed E-state index contributed by atoms with van der Waals surface area (Å²) >= 11 is 0. The van der Waals surface area contributed by atoms with Gasteiger partial charge in [0.1, 0.15) is 5.60 Å². The fraction of sp³-hybridized carbons (Fsp3) is 0.944. The van der Waals surface area contributed by atoms with Gasteiger partial charge in [-0.25, -0.2) is 0 Å². The van der Waals surface area contributed by atoms with Crippen LogP contribution in [0, 0.1) is 16.2 Å². The van der Waals surface area contributed by atoms with Crippen LogP contribution in [-0.4, -0.2) is 11.6 Å². The maximum Gasteiger partial charge on any atom is 0.313 e. The van der Waals surface area contributed by atoms with E-state index in [0.717, 1.165) is 19.3 Å². The molecular weight excluding hydrogens is 248 g/mol.